The summed E-state index contributed by atoms with van der Waals surface area (Å²) in [5, 5.41) is 17.8. The van der Waals surface area contributed by atoms with Crippen molar-refractivity contribution in [1.29, 1.82) is 0 Å². The number of nitrogens with two attached hydrogens (primary N) is 2. The number of esters is 4. The lowest BCUT2D eigenvalue weighted by Crippen LogP contribution is -2.34. The first-order valence-corrected chi connectivity index (χ1v) is 34.3. The fourth-order valence-corrected chi connectivity index (χ4v) is 12.9. The van der Waals surface area contributed by atoms with E-state index in [1.807, 2.05) is 168 Å². The van der Waals surface area contributed by atoms with Crippen LogP contribution >= 0.6 is 12.4 Å². The standard InChI is InChI=1S/C20H29NO4.C17H23NO4.C16H21NO4.C15H21NO2.C11H13NO2.ClH/c1-12-13-10-11-16(21-18(23)25-20(5,6)7)15(13)9-8-14(12)17(22)24-19(2,3)4;1-10-11-8-9-14(18-16(20)22-17(2,3)4)13(11)7-6-12(10)15(19)21-5;1-9-10-7-8-13(17-15(20)21-16(2,3)4)12(10)6-5-11(9)14(18)19;1-9-10-7-8-13(16)12(10)6-5-11(9)14(17)18-15(2,3)4;1-14-11(13)8-2-4-9-7(6-8)3-5-10(9)12;/h8-9,16H,10-11H2,1-7H3,(H,21,23);6-7,14H,8-9H2,1-5H3,(H,18,20);5-6,13H,7-8H2,1-4H3,(H,17,20)(H,18,19);5-6,13H,7-8,16H2,1-4H3;2,4,6,10H,3,5,12H2,1H3;1H/t16-;14-;2*13-;10-;/m00000./s1. The van der Waals surface area contributed by atoms with E-state index in [9.17, 15) is 38.4 Å². The summed E-state index contributed by atoms with van der Waals surface area (Å²) in [5.41, 5.74) is 26.9. The Balaban J connectivity index is 0.000000229. The van der Waals surface area contributed by atoms with Gasteiger partial charge in [-0.25, -0.2) is 38.4 Å². The van der Waals surface area contributed by atoms with Crippen LogP contribution in [0.2, 0.25) is 0 Å². The zero-order valence-electron chi connectivity index (χ0n) is 62.9. The first-order valence-electron chi connectivity index (χ1n) is 34.3. The van der Waals surface area contributed by atoms with Crippen LogP contribution in [0.4, 0.5) is 14.4 Å². The number of carbonyl (C=O) groups is 8. The van der Waals surface area contributed by atoms with E-state index in [4.69, 9.17) is 45.0 Å². The third-order valence-electron chi connectivity index (χ3n) is 17.5. The fraction of sp³-hybridized carbons (Fsp3) is 0.519. The van der Waals surface area contributed by atoms with Crippen molar-refractivity contribution >= 4 is 60.5 Å². The maximum atomic E-state index is 12.4. The molecule has 0 saturated heterocycles. The molecule has 0 bridgehead atoms. The number of hydrogen-bond donors (Lipinski definition) is 6. The Hall–Kier alpha value is -8.53. The average Bonchev–Trinajstić information content (AvgIpc) is 1.74. The van der Waals surface area contributed by atoms with E-state index < -0.39 is 52.3 Å². The highest BCUT2D eigenvalue weighted by Crippen LogP contribution is 2.39. The molecule has 0 unspecified atom stereocenters. The van der Waals surface area contributed by atoms with E-state index >= 15 is 0 Å². The molecular weight excluding hydrogens is 1310 g/mol. The molecule has 5 aliphatic carbocycles. The minimum Gasteiger partial charge on any atom is -0.478 e. The molecule has 0 fully saturated rings. The molecule has 0 aromatic heterocycles. The highest BCUT2D eigenvalue weighted by molar-refractivity contribution is 5.94. The second kappa shape index (κ2) is 34.0. The van der Waals surface area contributed by atoms with Crippen LogP contribution in [0.5, 0.6) is 0 Å². The summed E-state index contributed by atoms with van der Waals surface area (Å²) < 4.78 is 36.3. The monoisotopic (exact) mass is 1420 g/mol. The number of benzene rings is 5. The van der Waals surface area contributed by atoms with Gasteiger partial charge >= 0.3 is 48.1 Å². The minimum atomic E-state index is -0.918. The van der Waals surface area contributed by atoms with E-state index in [0.717, 1.165) is 125 Å². The van der Waals surface area contributed by atoms with Gasteiger partial charge in [-0.05, 0) is 310 Å². The number of aromatic carboxylic acids is 1. The maximum absolute atomic E-state index is 12.4. The van der Waals surface area contributed by atoms with Crippen molar-refractivity contribution < 1.29 is 76.6 Å². The topological polar surface area (TPSA) is 310 Å². The summed E-state index contributed by atoms with van der Waals surface area (Å²) in [6, 6.07) is 20.1. The highest BCUT2D eigenvalue weighted by atomic mass is 35.5. The van der Waals surface area contributed by atoms with Crippen molar-refractivity contribution in [1.82, 2.24) is 16.0 Å². The number of methoxy groups -OCH3 is 2. The van der Waals surface area contributed by atoms with Gasteiger partial charge in [-0.15, -0.1) is 12.4 Å². The van der Waals surface area contributed by atoms with Crippen molar-refractivity contribution in [3.05, 3.63) is 172 Å². The van der Waals surface area contributed by atoms with E-state index in [0.29, 0.717) is 27.8 Å². The molecule has 22 heteroatoms. The van der Waals surface area contributed by atoms with Crippen LogP contribution in [0.15, 0.2) is 66.7 Å². The average molecular weight is 1420 g/mol. The maximum Gasteiger partial charge on any atom is 0.408 e. The Kier molecular flexibility index (Phi) is 28.0. The van der Waals surface area contributed by atoms with Gasteiger partial charge in [0.25, 0.3) is 0 Å². The van der Waals surface area contributed by atoms with Gasteiger partial charge in [0.1, 0.15) is 28.0 Å². The number of carboxylic acid groups (broad SMARTS) is 1. The van der Waals surface area contributed by atoms with Gasteiger partial charge in [0.05, 0.1) is 60.2 Å². The number of amides is 3. The molecule has 101 heavy (non-hydrogen) atoms. The summed E-state index contributed by atoms with van der Waals surface area (Å²) in [6.45, 7) is 35.3. The van der Waals surface area contributed by atoms with Gasteiger partial charge in [0.2, 0.25) is 0 Å². The van der Waals surface area contributed by atoms with Crippen molar-refractivity contribution in [3.8, 4) is 0 Å². The number of nitrogens with one attached hydrogen (secondary N) is 3. The minimum absolute atomic E-state index is 0. The van der Waals surface area contributed by atoms with Crippen molar-refractivity contribution in [3.63, 3.8) is 0 Å². The SMILES string of the molecule is COC(=O)c1ccc2c(c1)CC[C@@H]2N.COC(=O)c1ccc2c(c1C)CC[C@@H]2NC(=O)OC(C)(C)C.Cc1c(C(=O)O)ccc2c1CC[C@@H]2NC(=O)OC(C)(C)C.Cc1c(C(=O)OC(C)(C)C)ccc2c1CC[C@@H]2N.Cc1c(C(=O)OC(C)(C)C)ccc2c1CC[C@@H]2NC(=O)OC(C)(C)C.Cl. The van der Waals surface area contributed by atoms with Crippen molar-refractivity contribution in [2.24, 2.45) is 11.5 Å². The fourth-order valence-electron chi connectivity index (χ4n) is 12.9. The molecule has 5 atom stereocenters. The lowest BCUT2D eigenvalue weighted by atomic mass is 9.98. The van der Waals surface area contributed by atoms with Crippen LogP contribution in [-0.4, -0.2) is 95.5 Å². The van der Waals surface area contributed by atoms with Gasteiger partial charge in [-0.3, -0.25) is 0 Å². The van der Waals surface area contributed by atoms with E-state index in [1.54, 1.807) is 30.3 Å². The van der Waals surface area contributed by atoms with E-state index in [-0.39, 0.29) is 66.5 Å². The van der Waals surface area contributed by atoms with E-state index in [2.05, 4.69) is 20.7 Å². The predicted molar refractivity (Wildman–Crippen MR) is 390 cm³/mol. The Labute approximate surface area is 602 Å². The Morgan fingerprint density at radius 2 is 0.663 bits per heavy atom. The number of carbonyl (C=O) groups excluding carboxylic acids is 7. The molecule has 5 aromatic carbocycles. The Morgan fingerprint density at radius 1 is 0.376 bits per heavy atom. The Bertz CT molecular complexity index is 3880. The molecule has 0 radical (unpaired) electrons. The van der Waals surface area contributed by atoms with Gasteiger partial charge in [0, 0.05) is 12.1 Å². The second-order valence-electron chi connectivity index (χ2n) is 30.9. The van der Waals surface area contributed by atoms with Crippen molar-refractivity contribution in [2.45, 2.75) is 254 Å². The number of rotatable bonds is 8. The lowest BCUT2D eigenvalue weighted by molar-refractivity contribution is 0.00559. The zero-order valence-corrected chi connectivity index (χ0v) is 63.8. The molecule has 552 valence electrons. The van der Waals surface area contributed by atoms with Crippen LogP contribution in [0.3, 0.4) is 0 Å². The summed E-state index contributed by atoms with van der Waals surface area (Å²) >= 11 is 0. The largest absolute Gasteiger partial charge is 0.478 e. The molecule has 3 amide bonds. The third kappa shape index (κ3) is 23.0. The van der Waals surface area contributed by atoms with Gasteiger partial charge in [-0.2, -0.15) is 0 Å². The molecule has 0 saturated carbocycles. The number of carboxylic acids is 1. The molecule has 8 N–H and O–H groups in total. The number of aryl methyl sites for hydroxylation is 1. The van der Waals surface area contributed by atoms with Gasteiger partial charge in [-0.1, -0.05) is 30.3 Å². The van der Waals surface area contributed by atoms with Crippen molar-refractivity contribution in [2.75, 3.05) is 14.2 Å². The van der Waals surface area contributed by atoms with Crippen LogP contribution in [-0.2, 0) is 65.3 Å². The molecule has 10 rings (SSSR count). The summed E-state index contributed by atoms with van der Waals surface area (Å²) in [5.74, 6) is -2.09. The van der Waals surface area contributed by atoms with E-state index in [1.165, 1.54) is 30.9 Å². The first kappa shape index (κ1) is 83.1. The second-order valence-corrected chi connectivity index (χ2v) is 30.9. The third-order valence-corrected chi connectivity index (χ3v) is 17.5. The molecule has 0 spiro atoms. The highest BCUT2D eigenvalue weighted by Gasteiger charge is 2.34. The zero-order chi connectivity index (χ0) is 74.9. The van der Waals surface area contributed by atoms with Crippen LogP contribution in [0, 0.1) is 27.7 Å². The molecular formula is C79H108ClN5O16. The normalized spacial score (nSPS) is 17.4. The number of halogens is 1. The molecule has 5 aromatic rings. The first-order chi connectivity index (χ1) is 46.3. The molecule has 5 aliphatic rings. The molecule has 0 aliphatic heterocycles. The number of fused-ring (bicyclic) bond motifs is 5. The quantitative estimate of drug-likeness (QED) is 0.0621. The predicted octanol–water partition coefficient (Wildman–Crippen LogP) is 15.7. The number of ether oxygens (including phenoxy) is 7. The number of alkyl carbamates (subject to hydrolysis) is 3. The van der Waals surface area contributed by atoms with Gasteiger partial charge < -0.3 is 65.7 Å². The van der Waals surface area contributed by atoms with Crippen LogP contribution in [0.25, 0.3) is 0 Å². The summed E-state index contributed by atoms with van der Waals surface area (Å²) in [6.07, 6.45) is 7.35. The molecule has 21 nitrogen and oxygen atoms in total. The summed E-state index contributed by atoms with van der Waals surface area (Å²) in [7, 11) is 2.77. The van der Waals surface area contributed by atoms with Gasteiger partial charge in [0.15, 0.2) is 0 Å². The number of hydrogen-bond acceptors (Lipinski definition) is 17. The molecule has 0 heterocycles. The lowest BCUT2D eigenvalue weighted by Gasteiger charge is -2.23. The van der Waals surface area contributed by atoms with Crippen LogP contribution < -0.4 is 27.4 Å². The Morgan fingerprint density at radius 3 is 1.01 bits per heavy atom. The van der Waals surface area contributed by atoms with Crippen LogP contribution in [0.1, 0.15) is 296 Å². The smallest absolute Gasteiger partial charge is 0.408 e. The summed E-state index contributed by atoms with van der Waals surface area (Å²) in [4.78, 5) is 94.4.